The minimum atomic E-state index is -0.295. The molecule has 1 heterocycles. The standard InChI is InChI=1S/C21H24ClNO2S/c1-14-4-9-19-17(10-14)18(11-21(2,3)25-19)23-20(24)13-26-12-15-5-7-16(22)8-6-15/h4-10,18H,11-13H2,1-3H3,(H,23,24)/t18-/m1/s1. The lowest BCUT2D eigenvalue weighted by atomic mass is 9.89. The van der Waals surface area contributed by atoms with Crippen molar-refractivity contribution in [2.24, 2.45) is 0 Å². The van der Waals surface area contributed by atoms with Crippen LogP contribution in [0.1, 0.15) is 43.0 Å². The number of halogens is 1. The van der Waals surface area contributed by atoms with E-state index in [4.69, 9.17) is 16.3 Å². The van der Waals surface area contributed by atoms with Gasteiger partial charge in [0.25, 0.3) is 0 Å². The SMILES string of the molecule is Cc1ccc2c(c1)[C@H](NC(=O)CSCc1ccc(Cl)cc1)CC(C)(C)O2. The van der Waals surface area contributed by atoms with Crippen molar-refractivity contribution in [3.63, 3.8) is 0 Å². The molecule has 0 spiro atoms. The lowest BCUT2D eigenvalue weighted by Crippen LogP contribution is -2.41. The molecule has 0 bridgehead atoms. The van der Waals surface area contributed by atoms with Crippen LogP contribution in [0, 0.1) is 6.92 Å². The highest BCUT2D eigenvalue weighted by Crippen LogP contribution is 2.39. The summed E-state index contributed by atoms with van der Waals surface area (Å²) in [4.78, 5) is 12.5. The Morgan fingerprint density at radius 1 is 1.27 bits per heavy atom. The van der Waals surface area contributed by atoms with Crippen LogP contribution in [0.15, 0.2) is 42.5 Å². The van der Waals surface area contributed by atoms with Gasteiger partial charge in [-0.25, -0.2) is 0 Å². The molecule has 1 atom stereocenters. The Labute approximate surface area is 164 Å². The Bertz CT molecular complexity index is 789. The molecule has 5 heteroatoms. The molecule has 1 amide bonds. The monoisotopic (exact) mass is 389 g/mol. The van der Waals surface area contributed by atoms with E-state index in [9.17, 15) is 4.79 Å². The van der Waals surface area contributed by atoms with E-state index in [0.717, 1.165) is 28.5 Å². The molecule has 3 nitrogen and oxygen atoms in total. The van der Waals surface area contributed by atoms with Crippen molar-refractivity contribution in [3.05, 3.63) is 64.2 Å². The largest absolute Gasteiger partial charge is 0.487 e. The fourth-order valence-corrected chi connectivity index (χ4v) is 4.11. The number of benzene rings is 2. The number of hydrogen-bond donors (Lipinski definition) is 1. The number of carbonyl (C=O) groups is 1. The highest BCUT2D eigenvalue weighted by molar-refractivity contribution is 7.99. The maximum atomic E-state index is 12.5. The lowest BCUT2D eigenvalue weighted by molar-refractivity contribution is -0.119. The maximum Gasteiger partial charge on any atom is 0.230 e. The van der Waals surface area contributed by atoms with Gasteiger partial charge in [-0.3, -0.25) is 4.79 Å². The molecule has 1 N–H and O–H groups in total. The Hall–Kier alpha value is -1.65. The number of hydrogen-bond acceptors (Lipinski definition) is 3. The number of ether oxygens (including phenoxy) is 1. The van der Waals surface area contributed by atoms with Gasteiger partial charge in [-0.05, 0) is 44.5 Å². The van der Waals surface area contributed by atoms with E-state index in [-0.39, 0.29) is 17.6 Å². The molecule has 3 rings (SSSR count). The number of thioether (sulfide) groups is 1. The molecule has 0 unspecified atom stereocenters. The van der Waals surface area contributed by atoms with Crippen molar-refractivity contribution in [3.8, 4) is 5.75 Å². The van der Waals surface area contributed by atoms with Crippen LogP contribution in [0.5, 0.6) is 5.75 Å². The van der Waals surface area contributed by atoms with E-state index in [1.54, 1.807) is 11.8 Å². The number of amides is 1. The van der Waals surface area contributed by atoms with Crippen LogP contribution in [0.25, 0.3) is 0 Å². The summed E-state index contributed by atoms with van der Waals surface area (Å²) in [5, 5.41) is 3.92. The molecule has 138 valence electrons. The first-order valence-corrected chi connectivity index (χ1v) is 10.3. The van der Waals surface area contributed by atoms with Crippen LogP contribution in [0.2, 0.25) is 5.02 Å². The zero-order valence-corrected chi connectivity index (χ0v) is 16.9. The normalized spacial score (nSPS) is 17.9. The summed E-state index contributed by atoms with van der Waals surface area (Å²) in [5.74, 6) is 2.14. The van der Waals surface area contributed by atoms with Gasteiger partial charge in [0.1, 0.15) is 11.4 Å². The van der Waals surface area contributed by atoms with Crippen LogP contribution in [-0.2, 0) is 10.5 Å². The van der Waals surface area contributed by atoms with E-state index in [0.29, 0.717) is 5.75 Å². The molecule has 0 aliphatic carbocycles. The van der Waals surface area contributed by atoms with Crippen LogP contribution in [-0.4, -0.2) is 17.3 Å². The first-order chi connectivity index (χ1) is 12.3. The molecule has 0 aromatic heterocycles. The second kappa shape index (κ2) is 7.93. The van der Waals surface area contributed by atoms with E-state index in [1.165, 1.54) is 11.1 Å². The predicted molar refractivity (Wildman–Crippen MR) is 109 cm³/mol. The summed E-state index contributed by atoms with van der Waals surface area (Å²) in [7, 11) is 0. The highest BCUT2D eigenvalue weighted by atomic mass is 35.5. The molecular formula is C21H24ClNO2S. The first-order valence-electron chi connectivity index (χ1n) is 8.73. The molecule has 2 aromatic carbocycles. The molecule has 0 fully saturated rings. The molecule has 2 aromatic rings. The third kappa shape index (κ3) is 4.95. The summed E-state index contributed by atoms with van der Waals surface area (Å²) >= 11 is 7.51. The van der Waals surface area contributed by atoms with Crippen molar-refractivity contribution in [2.45, 2.75) is 44.6 Å². The Balaban J connectivity index is 1.60. The third-order valence-electron chi connectivity index (χ3n) is 4.37. The Morgan fingerprint density at radius 3 is 2.73 bits per heavy atom. The predicted octanol–water partition coefficient (Wildman–Crippen LogP) is 5.30. The number of nitrogens with one attached hydrogen (secondary N) is 1. The van der Waals surface area contributed by atoms with Gasteiger partial charge in [-0.1, -0.05) is 41.4 Å². The summed E-state index contributed by atoms with van der Waals surface area (Å²) in [6.45, 7) is 6.18. The van der Waals surface area contributed by atoms with Crippen LogP contribution in [0.3, 0.4) is 0 Å². The van der Waals surface area contributed by atoms with Gasteiger partial charge in [-0.15, -0.1) is 11.8 Å². The summed E-state index contributed by atoms with van der Waals surface area (Å²) in [6.07, 6.45) is 0.761. The lowest BCUT2D eigenvalue weighted by Gasteiger charge is -2.38. The molecule has 1 aliphatic rings. The third-order valence-corrected chi connectivity index (χ3v) is 5.63. The fraction of sp³-hybridized carbons (Fsp3) is 0.381. The van der Waals surface area contributed by atoms with Gasteiger partial charge in [0.05, 0.1) is 11.8 Å². The van der Waals surface area contributed by atoms with Gasteiger partial charge in [-0.2, -0.15) is 0 Å². The van der Waals surface area contributed by atoms with E-state index >= 15 is 0 Å². The second-order valence-corrected chi connectivity index (χ2v) is 8.77. The number of carbonyl (C=O) groups excluding carboxylic acids is 1. The average Bonchev–Trinajstić information content (AvgIpc) is 2.57. The number of aryl methyl sites for hydroxylation is 1. The first kappa shape index (κ1) is 19.1. The quantitative estimate of drug-likeness (QED) is 0.753. The van der Waals surface area contributed by atoms with Gasteiger partial charge in [0.15, 0.2) is 0 Å². The van der Waals surface area contributed by atoms with Gasteiger partial charge in [0.2, 0.25) is 5.91 Å². The van der Waals surface area contributed by atoms with Crippen molar-refractivity contribution < 1.29 is 9.53 Å². The Morgan fingerprint density at radius 2 is 2.00 bits per heavy atom. The Kier molecular flexibility index (Phi) is 5.83. The fourth-order valence-electron chi connectivity index (χ4n) is 3.18. The van der Waals surface area contributed by atoms with Crippen molar-refractivity contribution >= 4 is 29.3 Å². The van der Waals surface area contributed by atoms with E-state index < -0.39 is 0 Å². The smallest absolute Gasteiger partial charge is 0.230 e. The summed E-state index contributed by atoms with van der Waals surface area (Å²) < 4.78 is 6.07. The molecule has 0 radical (unpaired) electrons. The minimum absolute atomic E-state index is 0.0164. The van der Waals surface area contributed by atoms with Crippen LogP contribution >= 0.6 is 23.4 Å². The summed E-state index contributed by atoms with van der Waals surface area (Å²) in [5.41, 5.74) is 3.11. The van der Waals surface area contributed by atoms with Crippen molar-refractivity contribution in [2.75, 3.05) is 5.75 Å². The molecule has 1 aliphatic heterocycles. The van der Waals surface area contributed by atoms with Crippen molar-refractivity contribution in [1.29, 1.82) is 0 Å². The average molecular weight is 390 g/mol. The highest BCUT2D eigenvalue weighted by Gasteiger charge is 2.34. The molecule has 0 saturated carbocycles. The number of rotatable bonds is 5. The van der Waals surface area contributed by atoms with Crippen LogP contribution < -0.4 is 10.1 Å². The van der Waals surface area contributed by atoms with E-state index in [1.807, 2.05) is 36.4 Å². The topological polar surface area (TPSA) is 38.3 Å². The molecule has 0 saturated heterocycles. The van der Waals surface area contributed by atoms with E-state index in [2.05, 4.69) is 32.2 Å². The zero-order valence-electron chi connectivity index (χ0n) is 15.3. The molecular weight excluding hydrogens is 366 g/mol. The maximum absolute atomic E-state index is 12.5. The number of fused-ring (bicyclic) bond motifs is 1. The van der Waals surface area contributed by atoms with Gasteiger partial charge in [0, 0.05) is 22.8 Å². The van der Waals surface area contributed by atoms with Gasteiger partial charge >= 0.3 is 0 Å². The molecule has 26 heavy (non-hydrogen) atoms. The van der Waals surface area contributed by atoms with Gasteiger partial charge < -0.3 is 10.1 Å². The minimum Gasteiger partial charge on any atom is -0.487 e. The van der Waals surface area contributed by atoms with Crippen molar-refractivity contribution in [1.82, 2.24) is 5.32 Å². The van der Waals surface area contributed by atoms with Crippen LogP contribution in [0.4, 0.5) is 0 Å². The zero-order chi connectivity index (χ0) is 18.7. The second-order valence-electron chi connectivity index (χ2n) is 7.35. The summed E-state index contributed by atoms with van der Waals surface area (Å²) in [6, 6.07) is 13.9.